The first-order valence-corrected chi connectivity index (χ1v) is 11.0. The fraction of sp³-hybridized carbons (Fsp3) is 0.474. The largest absolute Gasteiger partial charge is 0.451 e. The summed E-state index contributed by atoms with van der Waals surface area (Å²) in [6.07, 6.45) is 0.332. The monoisotopic (exact) mass is 420 g/mol. The van der Waals surface area contributed by atoms with Crippen LogP contribution < -0.4 is 5.32 Å². The van der Waals surface area contributed by atoms with Crippen molar-refractivity contribution >= 4 is 21.7 Å². The van der Waals surface area contributed by atoms with Crippen LogP contribution in [-0.2, 0) is 19.4 Å². The maximum atomic E-state index is 12.4. The molecule has 1 saturated heterocycles. The molecule has 0 saturated carbocycles. The Morgan fingerprint density at radius 2 is 1.97 bits per heavy atom. The van der Waals surface area contributed by atoms with Crippen molar-refractivity contribution in [1.82, 2.24) is 20.3 Å². The molecular formula is C19H24N4O5S. The number of nitrogens with one attached hydrogen (secondary N) is 1. The molecule has 9 nitrogen and oxygen atoms in total. The number of carbonyl (C=O) groups is 2. The lowest BCUT2D eigenvalue weighted by Crippen LogP contribution is -2.48. The molecule has 0 bridgehead atoms. The van der Waals surface area contributed by atoms with Crippen molar-refractivity contribution in [3.63, 3.8) is 0 Å². The summed E-state index contributed by atoms with van der Waals surface area (Å²) in [6.45, 7) is 6.68. The van der Waals surface area contributed by atoms with Crippen LogP contribution in [0.25, 0.3) is 5.69 Å². The summed E-state index contributed by atoms with van der Waals surface area (Å²) in [7, 11) is -3.15. The molecule has 3 rings (SSSR count). The van der Waals surface area contributed by atoms with Gasteiger partial charge in [0.05, 0.1) is 28.4 Å². The van der Waals surface area contributed by atoms with Crippen molar-refractivity contribution in [1.29, 1.82) is 0 Å². The average Bonchev–Trinajstić information content (AvgIpc) is 3.11. The Balaban J connectivity index is 1.64. The van der Waals surface area contributed by atoms with E-state index in [0.29, 0.717) is 12.1 Å². The third-order valence-corrected chi connectivity index (χ3v) is 6.73. The van der Waals surface area contributed by atoms with Gasteiger partial charge in [0.1, 0.15) is 0 Å². The van der Waals surface area contributed by atoms with Gasteiger partial charge in [-0.25, -0.2) is 13.2 Å². The maximum absolute atomic E-state index is 12.4. The van der Waals surface area contributed by atoms with E-state index in [4.69, 9.17) is 4.74 Å². The van der Waals surface area contributed by atoms with Gasteiger partial charge in [-0.2, -0.15) is 9.90 Å². The zero-order chi connectivity index (χ0) is 21.4. The fourth-order valence-electron chi connectivity index (χ4n) is 3.39. The van der Waals surface area contributed by atoms with E-state index >= 15 is 0 Å². The number of benzene rings is 1. The number of rotatable bonds is 5. The van der Waals surface area contributed by atoms with Gasteiger partial charge in [-0.15, -0.1) is 5.10 Å². The van der Waals surface area contributed by atoms with Gasteiger partial charge in [-0.1, -0.05) is 17.7 Å². The summed E-state index contributed by atoms with van der Waals surface area (Å²) in [6, 6.07) is 5.77. The van der Waals surface area contributed by atoms with Crippen LogP contribution in [-0.4, -0.2) is 58.9 Å². The van der Waals surface area contributed by atoms with Crippen LogP contribution in [0.5, 0.6) is 0 Å². The van der Waals surface area contributed by atoms with E-state index in [1.165, 1.54) is 4.80 Å². The Morgan fingerprint density at radius 1 is 1.24 bits per heavy atom. The minimum absolute atomic E-state index is 0.0208. The van der Waals surface area contributed by atoms with Gasteiger partial charge in [0.2, 0.25) is 0 Å². The van der Waals surface area contributed by atoms with Crippen LogP contribution in [0.4, 0.5) is 0 Å². The highest BCUT2D eigenvalue weighted by Gasteiger charge is 2.39. The molecule has 1 atom stereocenters. The molecule has 10 heteroatoms. The number of aryl methyl sites for hydroxylation is 3. The molecule has 2 heterocycles. The molecule has 1 N–H and O–H groups in total. The van der Waals surface area contributed by atoms with Crippen LogP contribution in [0.2, 0.25) is 0 Å². The summed E-state index contributed by atoms with van der Waals surface area (Å²) in [4.78, 5) is 25.8. The summed E-state index contributed by atoms with van der Waals surface area (Å²) in [5.41, 5.74) is 2.36. The zero-order valence-corrected chi connectivity index (χ0v) is 17.7. The molecule has 1 aromatic heterocycles. The molecule has 0 aliphatic carbocycles. The number of hydrogen-bond donors (Lipinski definition) is 1. The molecule has 1 fully saturated rings. The Hall–Kier alpha value is -2.75. The van der Waals surface area contributed by atoms with Crippen molar-refractivity contribution in [2.24, 2.45) is 0 Å². The Labute approximate surface area is 169 Å². The molecule has 2 aromatic rings. The highest BCUT2D eigenvalue weighted by molar-refractivity contribution is 7.91. The number of esters is 1. The van der Waals surface area contributed by atoms with Crippen LogP contribution in [0, 0.1) is 20.8 Å². The Kier molecular flexibility index (Phi) is 5.48. The van der Waals surface area contributed by atoms with E-state index in [2.05, 4.69) is 15.5 Å². The second-order valence-corrected chi connectivity index (χ2v) is 9.92. The Morgan fingerprint density at radius 3 is 2.59 bits per heavy atom. The van der Waals surface area contributed by atoms with Crippen molar-refractivity contribution in [2.45, 2.75) is 39.7 Å². The van der Waals surface area contributed by atoms with Gasteiger partial charge >= 0.3 is 5.97 Å². The third-order valence-electron chi connectivity index (χ3n) is 4.82. The van der Waals surface area contributed by atoms with Crippen molar-refractivity contribution < 1.29 is 22.7 Å². The van der Waals surface area contributed by atoms with Crippen molar-refractivity contribution in [3.05, 3.63) is 40.7 Å². The van der Waals surface area contributed by atoms with E-state index in [1.54, 1.807) is 13.8 Å². The van der Waals surface area contributed by atoms with Crippen LogP contribution in [0.3, 0.4) is 0 Å². The molecule has 1 aromatic carbocycles. The number of amides is 1. The van der Waals surface area contributed by atoms with Crippen molar-refractivity contribution in [3.8, 4) is 5.69 Å². The minimum Gasteiger partial charge on any atom is -0.451 e. The van der Waals surface area contributed by atoms with Gasteiger partial charge in [0.25, 0.3) is 5.91 Å². The van der Waals surface area contributed by atoms with Crippen LogP contribution >= 0.6 is 0 Å². The van der Waals surface area contributed by atoms with Crippen molar-refractivity contribution in [2.75, 3.05) is 18.1 Å². The quantitative estimate of drug-likeness (QED) is 0.718. The molecule has 156 valence electrons. The van der Waals surface area contributed by atoms with Gasteiger partial charge < -0.3 is 10.1 Å². The first-order chi connectivity index (χ1) is 13.5. The summed E-state index contributed by atoms with van der Waals surface area (Å²) in [5.74, 6) is -1.41. The number of nitrogens with zero attached hydrogens (tertiary/aromatic N) is 3. The molecule has 1 aliphatic heterocycles. The van der Waals surface area contributed by atoms with E-state index in [-0.39, 0.29) is 17.2 Å². The average molecular weight is 420 g/mol. The fourth-order valence-corrected chi connectivity index (χ4v) is 5.48. The van der Waals surface area contributed by atoms with E-state index in [9.17, 15) is 18.0 Å². The Bertz CT molecular complexity index is 1080. The molecule has 0 unspecified atom stereocenters. The zero-order valence-electron chi connectivity index (χ0n) is 16.9. The normalized spacial score (nSPS) is 20.4. The number of hydrogen-bond acceptors (Lipinski definition) is 7. The maximum Gasteiger partial charge on any atom is 0.361 e. The van der Waals surface area contributed by atoms with Crippen LogP contribution in [0.1, 0.15) is 40.7 Å². The first-order valence-electron chi connectivity index (χ1n) is 9.18. The predicted octanol–water partition coefficient (Wildman–Crippen LogP) is 1.04. The molecular weight excluding hydrogens is 396 g/mol. The predicted molar refractivity (Wildman–Crippen MR) is 106 cm³/mol. The van der Waals surface area contributed by atoms with Gasteiger partial charge in [0, 0.05) is 0 Å². The highest BCUT2D eigenvalue weighted by atomic mass is 32.2. The molecule has 29 heavy (non-hydrogen) atoms. The summed E-state index contributed by atoms with van der Waals surface area (Å²) >= 11 is 0. The topological polar surface area (TPSA) is 120 Å². The third kappa shape index (κ3) is 4.81. The smallest absolute Gasteiger partial charge is 0.361 e. The lowest BCUT2D eigenvalue weighted by molar-refractivity contribution is -0.125. The summed E-state index contributed by atoms with van der Waals surface area (Å²) in [5, 5.41) is 11.1. The van der Waals surface area contributed by atoms with Gasteiger partial charge in [0.15, 0.2) is 22.1 Å². The van der Waals surface area contributed by atoms with E-state index < -0.39 is 33.9 Å². The molecule has 1 aliphatic rings. The number of carbonyl (C=O) groups excluding carboxylic acids is 2. The minimum atomic E-state index is -3.15. The number of sulfone groups is 1. The van der Waals surface area contributed by atoms with Crippen LogP contribution in [0.15, 0.2) is 18.2 Å². The lowest BCUT2D eigenvalue weighted by atomic mass is 10.0. The SMILES string of the molecule is Cc1ccc(-n2nc(C)c(C(=O)OCC(=O)N[C@@]3(C)CCS(=O)(=O)C3)n2)c(C)c1. The second kappa shape index (κ2) is 7.58. The standard InChI is InChI=1S/C19H24N4O5S/c1-12-5-6-15(13(2)9-12)23-21-14(3)17(22-23)18(25)28-10-16(24)20-19(4)7-8-29(26,27)11-19/h5-6,9H,7-8,10-11H2,1-4H3,(H,20,24)/t19-/m0/s1. The number of aromatic nitrogens is 3. The van der Waals surface area contributed by atoms with E-state index in [0.717, 1.165) is 16.8 Å². The van der Waals surface area contributed by atoms with Gasteiger partial charge in [-0.3, -0.25) is 4.79 Å². The molecule has 0 radical (unpaired) electrons. The van der Waals surface area contributed by atoms with E-state index in [1.807, 2.05) is 32.0 Å². The summed E-state index contributed by atoms with van der Waals surface area (Å²) < 4.78 is 28.3. The number of ether oxygens (including phenoxy) is 1. The highest BCUT2D eigenvalue weighted by Crippen LogP contribution is 2.22. The van der Waals surface area contributed by atoms with Gasteiger partial charge in [-0.05, 0) is 45.7 Å². The molecule has 0 spiro atoms. The molecule has 1 amide bonds. The first kappa shape index (κ1) is 21.0. The second-order valence-electron chi connectivity index (χ2n) is 7.74. The lowest BCUT2D eigenvalue weighted by Gasteiger charge is -2.23.